The minimum Gasteiger partial charge on any atom is -0.496 e. The lowest BCUT2D eigenvalue weighted by molar-refractivity contribution is 0.0913. The van der Waals surface area contributed by atoms with Crippen molar-refractivity contribution in [2.45, 2.75) is 6.92 Å². The highest BCUT2D eigenvalue weighted by molar-refractivity contribution is 9.10. The highest BCUT2D eigenvalue weighted by Gasteiger charge is 2.12. The Bertz CT molecular complexity index is 710. The second kappa shape index (κ2) is 7.22. The van der Waals surface area contributed by atoms with Crippen molar-refractivity contribution in [3.8, 4) is 11.5 Å². The molecule has 2 aromatic rings. The van der Waals surface area contributed by atoms with Crippen LogP contribution < -0.4 is 9.47 Å². The Labute approximate surface area is 137 Å². The molecule has 0 aromatic heterocycles. The zero-order valence-electron chi connectivity index (χ0n) is 12.3. The molecule has 0 unspecified atom stereocenters. The molecule has 0 saturated carbocycles. The molecule has 4 nitrogen and oxygen atoms in total. The number of Topliss-reactive ketones (excluding diaryl/α,β-unsaturated/α-hetero) is 2. The van der Waals surface area contributed by atoms with E-state index in [1.54, 1.807) is 49.6 Å². The number of hydrogen-bond acceptors (Lipinski definition) is 4. The Kier molecular flexibility index (Phi) is 5.33. The molecule has 0 amide bonds. The van der Waals surface area contributed by atoms with Crippen molar-refractivity contribution in [3.63, 3.8) is 0 Å². The SMILES string of the molecule is COc1ccc(C(=O)COc2ccccc2C(C)=O)cc1Br. The fourth-order valence-corrected chi connectivity index (χ4v) is 2.49. The predicted octanol–water partition coefficient (Wildman–Crippen LogP) is 3.92. The Morgan fingerprint density at radius 2 is 1.82 bits per heavy atom. The highest BCUT2D eigenvalue weighted by Crippen LogP contribution is 2.26. The number of ether oxygens (including phenoxy) is 2. The zero-order valence-corrected chi connectivity index (χ0v) is 13.8. The Morgan fingerprint density at radius 3 is 2.45 bits per heavy atom. The quantitative estimate of drug-likeness (QED) is 0.730. The molecule has 0 bridgehead atoms. The molecule has 0 fully saturated rings. The molecule has 114 valence electrons. The van der Waals surface area contributed by atoms with Crippen LogP contribution in [0.2, 0.25) is 0 Å². The number of rotatable bonds is 6. The summed E-state index contributed by atoms with van der Waals surface area (Å²) in [7, 11) is 1.56. The topological polar surface area (TPSA) is 52.6 Å². The Hall–Kier alpha value is -2.14. The number of halogens is 1. The van der Waals surface area contributed by atoms with Crippen molar-refractivity contribution in [2.24, 2.45) is 0 Å². The van der Waals surface area contributed by atoms with E-state index in [0.717, 1.165) is 0 Å². The van der Waals surface area contributed by atoms with Crippen LogP contribution in [0.1, 0.15) is 27.6 Å². The van der Waals surface area contributed by atoms with Gasteiger partial charge in [-0.1, -0.05) is 12.1 Å². The largest absolute Gasteiger partial charge is 0.496 e. The number of hydrogen-bond donors (Lipinski definition) is 0. The first-order chi connectivity index (χ1) is 10.5. The summed E-state index contributed by atoms with van der Waals surface area (Å²) in [4.78, 5) is 23.7. The van der Waals surface area contributed by atoms with E-state index in [1.165, 1.54) is 6.92 Å². The van der Waals surface area contributed by atoms with Crippen molar-refractivity contribution in [2.75, 3.05) is 13.7 Å². The Morgan fingerprint density at radius 1 is 1.09 bits per heavy atom. The molecule has 0 heterocycles. The molecular weight excluding hydrogens is 348 g/mol. The fourth-order valence-electron chi connectivity index (χ4n) is 1.95. The van der Waals surface area contributed by atoms with Gasteiger partial charge in [-0.05, 0) is 53.2 Å². The number of para-hydroxylation sites is 1. The molecule has 0 radical (unpaired) electrons. The van der Waals surface area contributed by atoms with Crippen molar-refractivity contribution >= 4 is 27.5 Å². The molecule has 0 aliphatic carbocycles. The van der Waals surface area contributed by atoms with Gasteiger partial charge in [-0.3, -0.25) is 9.59 Å². The number of ketones is 2. The van der Waals surface area contributed by atoms with Crippen LogP contribution in [-0.2, 0) is 0 Å². The van der Waals surface area contributed by atoms with E-state index >= 15 is 0 Å². The van der Waals surface area contributed by atoms with Crippen LogP contribution in [0.3, 0.4) is 0 Å². The van der Waals surface area contributed by atoms with E-state index in [1.807, 2.05) is 0 Å². The second-order valence-electron chi connectivity index (χ2n) is 4.61. The minimum absolute atomic E-state index is 0.102. The summed E-state index contributed by atoms with van der Waals surface area (Å²) < 4.78 is 11.3. The average molecular weight is 363 g/mol. The molecule has 0 aliphatic heterocycles. The Balaban J connectivity index is 2.10. The molecule has 0 spiro atoms. The summed E-state index contributed by atoms with van der Waals surface area (Å²) in [6.45, 7) is 1.33. The third-order valence-corrected chi connectivity index (χ3v) is 3.72. The predicted molar refractivity (Wildman–Crippen MR) is 87.0 cm³/mol. The minimum atomic E-state index is -0.179. The number of carbonyl (C=O) groups excluding carboxylic acids is 2. The van der Waals surface area contributed by atoms with Gasteiger partial charge in [0.2, 0.25) is 0 Å². The normalized spacial score (nSPS) is 10.1. The van der Waals surface area contributed by atoms with Crippen LogP contribution in [0, 0.1) is 0 Å². The summed E-state index contributed by atoms with van der Waals surface area (Å²) in [5.74, 6) is 0.785. The third kappa shape index (κ3) is 3.74. The van der Waals surface area contributed by atoms with E-state index in [9.17, 15) is 9.59 Å². The lowest BCUT2D eigenvalue weighted by Crippen LogP contribution is -2.13. The summed E-state index contributed by atoms with van der Waals surface area (Å²) in [5.41, 5.74) is 0.971. The number of benzene rings is 2. The third-order valence-electron chi connectivity index (χ3n) is 3.10. The summed E-state index contributed by atoms with van der Waals surface area (Å²) in [6, 6.07) is 11.9. The van der Waals surface area contributed by atoms with E-state index in [4.69, 9.17) is 9.47 Å². The van der Waals surface area contributed by atoms with E-state index in [2.05, 4.69) is 15.9 Å². The highest BCUT2D eigenvalue weighted by atomic mass is 79.9. The smallest absolute Gasteiger partial charge is 0.200 e. The van der Waals surface area contributed by atoms with Crippen molar-refractivity contribution < 1.29 is 19.1 Å². The summed E-state index contributed by atoms with van der Waals surface area (Å²) in [5, 5.41) is 0. The molecule has 2 rings (SSSR count). The van der Waals surface area contributed by atoms with Gasteiger partial charge < -0.3 is 9.47 Å². The van der Waals surface area contributed by atoms with Crippen molar-refractivity contribution in [1.29, 1.82) is 0 Å². The molecule has 0 N–H and O–H groups in total. The number of methoxy groups -OCH3 is 1. The van der Waals surface area contributed by atoms with Gasteiger partial charge in [0.15, 0.2) is 18.2 Å². The van der Waals surface area contributed by atoms with Crippen LogP contribution >= 0.6 is 15.9 Å². The zero-order chi connectivity index (χ0) is 16.1. The van der Waals surface area contributed by atoms with Gasteiger partial charge in [0.05, 0.1) is 17.1 Å². The average Bonchev–Trinajstić information content (AvgIpc) is 2.52. The second-order valence-corrected chi connectivity index (χ2v) is 5.47. The lowest BCUT2D eigenvalue weighted by Gasteiger charge is -2.10. The van der Waals surface area contributed by atoms with E-state index in [0.29, 0.717) is 27.1 Å². The molecular formula is C17H15BrO4. The first kappa shape index (κ1) is 16.2. The summed E-state index contributed by atoms with van der Waals surface area (Å²) >= 11 is 3.34. The van der Waals surface area contributed by atoms with E-state index in [-0.39, 0.29) is 18.2 Å². The van der Waals surface area contributed by atoms with Gasteiger partial charge in [-0.2, -0.15) is 0 Å². The van der Waals surface area contributed by atoms with Gasteiger partial charge in [0.1, 0.15) is 11.5 Å². The summed E-state index contributed by atoms with van der Waals surface area (Å²) in [6.07, 6.45) is 0. The molecule has 2 aromatic carbocycles. The maximum absolute atomic E-state index is 12.2. The maximum atomic E-state index is 12.2. The molecule has 0 saturated heterocycles. The van der Waals surface area contributed by atoms with Crippen LogP contribution in [0.4, 0.5) is 0 Å². The van der Waals surface area contributed by atoms with Crippen molar-refractivity contribution in [3.05, 3.63) is 58.1 Å². The van der Waals surface area contributed by atoms with Gasteiger partial charge in [-0.25, -0.2) is 0 Å². The van der Waals surface area contributed by atoms with E-state index < -0.39 is 0 Å². The van der Waals surface area contributed by atoms with Crippen molar-refractivity contribution in [1.82, 2.24) is 0 Å². The van der Waals surface area contributed by atoms with Crippen LogP contribution in [-0.4, -0.2) is 25.3 Å². The lowest BCUT2D eigenvalue weighted by atomic mass is 10.1. The van der Waals surface area contributed by atoms with Gasteiger partial charge >= 0.3 is 0 Å². The van der Waals surface area contributed by atoms with Crippen LogP contribution in [0.25, 0.3) is 0 Å². The maximum Gasteiger partial charge on any atom is 0.200 e. The molecule has 5 heteroatoms. The van der Waals surface area contributed by atoms with Gasteiger partial charge in [-0.15, -0.1) is 0 Å². The fraction of sp³-hybridized carbons (Fsp3) is 0.176. The molecule has 0 aliphatic rings. The first-order valence-electron chi connectivity index (χ1n) is 6.62. The molecule has 0 atom stereocenters. The van der Waals surface area contributed by atoms with Gasteiger partial charge in [0.25, 0.3) is 0 Å². The molecule has 22 heavy (non-hydrogen) atoms. The first-order valence-corrected chi connectivity index (χ1v) is 7.41. The van der Waals surface area contributed by atoms with Crippen LogP contribution in [0.5, 0.6) is 11.5 Å². The van der Waals surface area contributed by atoms with Crippen LogP contribution in [0.15, 0.2) is 46.9 Å². The monoisotopic (exact) mass is 362 g/mol. The van der Waals surface area contributed by atoms with Gasteiger partial charge in [0, 0.05) is 5.56 Å². The number of carbonyl (C=O) groups is 2. The standard InChI is InChI=1S/C17H15BrO4/c1-11(19)13-5-3-4-6-16(13)22-10-15(20)12-7-8-17(21-2)14(18)9-12/h3-9H,10H2,1-2H3.